The molecule has 1 aromatic heterocycles. The Bertz CT molecular complexity index is 688. The van der Waals surface area contributed by atoms with Crippen LogP contribution in [0.2, 0.25) is 5.02 Å². The van der Waals surface area contributed by atoms with Gasteiger partial charge in [0.05, 0.1) is 9.95 Å². The van der Waals surface area contributed by atoms with Crippen LogP contribution in [-0.2, 0) is 0 Å². The maximum Gasteiger partial charge on any atom is 0.290 e. The quantitative estimate of drug-likeness (QED) is 0.489. The summed E-state index contributed by atoms with van der Waals surface area (Å²) in [6.07, 6.45) is 1.79. The molecular weight excluding hydrogens is 284 g/mol. The number of benzene rings is 1. The summed E-state index contributed by atoms with van der Waals surface area (Å²) in [5.41, 5.74) is 0.774. The zero-order valence-corrected chi connectivity index (χ0v) is 11.1. The zero-order valence-electron chi connectivity index (χ0n) is 10.4. The van der Waals surface area contributed by atoms with E-state index in [4.69, 9.17) is 16.3 Å². The number of carbonyl (C=O) groups is 1. The van der Waals surface area contributed by atoms with Gasteiger partial charge in [0, 0.05) is 17.2 Å². The van der Waals surface area contributed by atoms with Gasteiger partial charge in [0.2, 0.25) is 5.88 Å². The molecule has 102 valence electrons. The van der Waals surface area contributed by atoms with Gasteiger partial charge in [0.25, 0.3) is 5.69 Å². The monoisotopic (exact) mass is 292 g/mol. The third-order valence-electron chi connectivity index (χ3n) is 2.56. The third-order valence-corrected chi connectivity index (χ3v) is 2.86. The normalized spacial score (nSPS) is 10.1. The highest BCUT2D eigenvalue weighted by atomic mass is 35.5. The molecule has 0 unspecified atom stereocenters. The molecule has 1 heterocycles. The molecule has 0 spiro atoms. The van der Waals surface area contributed by atoms with Crippen molar-refractivity contribution in [1.82, 2.24) is 4.98 Å². The number of hydrogen-bond acceptors (Lipinski definition) is 5. The third kappa shape index (κ3) is 2.92. The number of carbonyl (C=O) groups excluding carboxylic acids is 1. The summed E-state index contributed by atoms with van der Waals surface area (Å²) in [6.45, 7) is 1.59. The summed E-state index contributed by atoms with van der Waals surface area (Å²) in [6, 6.07) is 5.99. The lowest BCUT2D eigenvalue weighted by Crippen LogP contribution is -1.95. The Morgan fingerprint density at radius 3 is 2.70 bits per heavy atom. The maximum atomic E-state index is 10.7. The minimum atomic E-state index is -0.516. The van der Waals surface area contributed by atoms with E-state index in [9.17, 15) is 14.9 Å². The number of ether oxygens (including phenoxy) is 1. The van der Waals surface area contributed by atoms with Crippen molar-refractivity contribution in [3.05, 3.63) is 56.7 Å². The fraction of sp³-hybridized carbons (Fsp3) is 0.0769. The van der Waals surface area contributed by atoms with E-state index in [-0.39, 0.29) is 16.6 Å². The summed E-state index contributed by atoms with van der Waals surface area (Å²) in [7, 11) is 0. The number of aldehydes is 1. The van der Waals surface area contributed by atoms with E-state index in [1.165, 1.54) is 18.2 Å². The molecule has 0 atom stereocenters. The molecule has 6 nitrogen and oxygen atoms in total. The van der Waals surface area contributed by atoms with Crippen LogP contribution in [0.5, 0.6) is 11.6 Å². The minimum Gasteiger partial charge on any atom is -0.437 e. The molecule has 0 aliphatic heterocycles. The van der Waals surface area contributed by atoms with Crippen molar-refractivity contribution in [2.45, 2.75) is 6.92 Å². The molecule has 0 saturated heterocycles. The fourth-order valence-electron chi connectivity index (χ4n) is 1.56. The van der Waals surface area contributed by atoms with Crippen LogP contribution in [0.4, 0.5) is 5.69 Å². The number of nitrogens with zero attached hydrogens (tertiary/aromatic N) is 2. The second-order valence-corrected chi connectivity index (χ2v) is 4.38. The molecule has 7 heteroatoms. The molecule has 20 heavy (non-hydrogen) atoms. The standard InChI is InChI=1S/C13H9ClN2O4/c1-8-4-13(15-6-11(8)16(18)19)20-12-3-2-9(7-17)5-10(12)14/h2-7H,1H3. The van der Waals surface area contributed by atoms with Gasteiger partial charge in [-0.25, -0.2) is 4.98 Å². The summed E-state index contributed by atoms with van der Waals surface area (Å²) in [4.78, 5) is 24.6. The van der Waals surface area contributed by atoms with Gasteiger partial charge >= 0.3 is 0 Å². The molecule has 0 aliphatic carbocycles. The Morgan fingerprint density at radius 1 is 1.40 bits per heavy atom. The number of nitro groups is 1. The van der Waals surface area contributed by atoms with E-state index in [0.29, 0.717) is 23.2 Å². The molecule has 0 fully saturated rings. The maximum absolute atomic E-state index is 10.7. The first kappa shape index (κ1) is 14.0. The molecular formula is C13H9ClN2O4. The van der Waals surface area contributed by atoms with Gasteiger partial charge in [-0.1, -0.05) is 11.6 Å². The van der Waals surface area contributed by atoms with Gasteiger partial charge < -0.3 is 4.74 Å². The summed E-state index contributed by atoms with van der Waals surface area (Å²) >= 11 is 5.96. The predicted molar refractivity (Wildman–Crippen MR) is 72.5 cm³/mol. The highest BCUT2D eigenvalue weighted by Crippen LogP contribution is 2.30. The number of rotatable bonds is 4. The number of hydrogen-bond donors (Lipinski definition) is 0. The van der Waals surface area contributed by atoms with Crippen LogP contribution >= 0.6 is 11.6 Å². The number of halogens is 1. The second-order valence-electron chi connectivity index (χ2n) is 3.98. The second kappa shape index (κ2) is 5.66. The Balaban J connectivity index is 2.28. The molecule has 0 aliphatic rings. The Kier molecular flexibility index (Phi) is 3.95. The average Bonchev–Trinajstić information content (AvgIpc) is 2.40. The van der Waals surface area contributed by atoms with Crippen molar-refractivity contribution in [1.29, 1.82) is 0 Å². The van der Waals surface area contributed by atoms with Crippen LogP contribution in [-0.4, -0.2) is 16.2 Å². The van der Waals surface area contributed by atoms with Gasteiger partial charge in [-0.05, 0) is 25.1 Å². The SMILES string of the molecule is Cc1cc(Oc2ccc(C=O)cc2Cl)ncc1[N+](=O)[O-]. The first-order valence-corrected chi connectivity index (χ1v) is 5.92. The lowest BCUT2D eigenvalue weighted by atomic mass is 10.2. The highest BCUT2D eigenvalue weighted by Gasteiger charge is 2.13. The van der Waals surface area contributed by atoms with Crippen LogP contribution < -0.4 is 4.74 Å². The van der Waals surface area contributed by atoms with E-state index in [2.05, 4.69) is 4.98 Å². The van der Waals surface area contributed by atoms with Crippen molar-refractivity contribution in [3.8, 4) is 11.6 Å². The van der Waals surface area contributed by atoms with E-state index >= 15 is 0 Å². The molecule has 0 bridgehead atoms. The van der Waals surface area contributed by atoms with Gasteiger partial charge in [-0.15, -0.1) is 0 Å². The van der Waals surface area contributed by atoms with E-state index in [1.54, 1.807) is 13.0 Å². The van der Waals surface area contributed by atoms with E-state index < -0.39 is 4.92 Å². The molecule has 2 rings (SSSR count). The molecule has 2 aromatic rings. The number of aryl methyl sites for hydroxylation is 1. The number of pyridine rings is 1. The van der Waals surface area contributed by atoms with Crippen LogP contribution in [0, 0.1) is 17.0 Å². The molecule has 0 N–H and O–H groups in total. The topological polar surface area (TPSA) is 82.3 Å². The van der Waals surface area contributed by atoms with Crippen molar-refractivity contribution in [2.24, 2.45) is 0 Å². The Labute approximate surface area is 119 Å². The zero-order chi connectivity index (χ0) is 14.7. The van der Waals surface area contributed by atoms with Crippen molar-refractivity contribution < 1.29 is 14.5 Å². The first-order valence-electron chi connectivity index (χ1n) is 5.55. The summed E-state index contributed by atoms with van der Waals surface area (Å²) < 4.78 is 5.44. The lowest BCUT2D eigenvalue weighted by Gasteiger charge is -2.07. The lowest BCUT2D eigenvalue weighted by molar-refractivity contribution is -0.385. The van der Waals surface area contributed by atoms with Crippen LogP contribution in [0.15, 0.2) is 30.5 Å². The van der Waals surface area contributed by atoms with Crippen molar-refractivity contribution >= 4 is 23.6 Å². The van der Waals surface area contributed by atoms with E-state index in [0.717, 1.165) is 6.20 Å². The smallest absolute Gasteiger partial charge is 0.290 e. The molecule has 0 amide bonds. The number of aromatic nitrogens is 1. The Morgan fingerprint density at radius 2 is 2.15 bits per heavy atom. The predicted octanol–water partition coefficient (Wildman–Crippen LogP) is 3.56. The van der Waals surface area contributed by atoms with Crippen LogP contribution in [0.3, 0.4) is 0 Å². The summed E-state index contributed by atoms with van der Waals surface area (Å²) in [5.74, 6) is 0.506. The van der Waals surface area contributed by atoms with Crippen LogP contribution in [0.1, 0.15) is 15.9 Å². The molecule has 1 aromatic carbocycles. The summed E-state index contributed by atoms with van der Waals surface area (Å²) in [5, 5.41) is 10.9. The van der Waals surface area contributed by atoms with Crippen LogP contribution in [0.25, 0.3) is 0 Å². The highest BCUT2D eigenvalue weighted by molar-refractivity contribution is 6.32. The minimum absolute atomic E-state index is 0.0836. The van der Waals surface area contributed by atoms with Gasteiger partial charge in [-0.2, -0.15) is 0 Å². The Hall–Kier alpha value is -2.47. The first-order chi connectivity index (χ1) is 9.51. The van der Waals surface area contributed by atoms with Crippen molar-refractivity contribution in [3.63, 3.8) is 0 Å². The van der Waals surface area contributed by atoms with Gasteiger partial charge in [0.1, 0.15) is 18.2 Å². The van der Waals surface area contributed by atoms with Crippen molar-refractivity contribution in [2.75, 3.05) is 0 Å². The largest absolute Gasteiger partial charge is 0.437 e. The molecule has 0 radical (unpaired) electrons. The van der Waals surface area contributed by atoms with Gasteiger partial charge in [0.15, 0.2) is 0 Å². The fourth-order valence-corrected chi connectivity index (χ4v) is 1.78. The molecule has 0 saturated carbocycles. The average molecular weight is 293 g/mol. The van der Waals surface area contributed by atoms with E-state index in [1.807, 2.05) is 0 Å². The van der Waals surface area contributed by atoms with Gasteiger partial charge in [-0.3, -0.25) is 14.9 Å².